The van der Waals surface area contributed by atoms with Gasteiger partial charge in [-0.15, -0.1) is 0 Å². The van der Waals surface area contributed by atoms with Crippen LogP contribution in [0.2, 0.25) is 5.15 Å². The van der Waals surface area contributed by atoms with Gasteiger partial charge < -0.3 is 5.32 Å². The Morgan fingerprint density at radius 1 is 1.40 bits per heavy atom. The predicted octanol–water partition coefficient (Wildman–Crippen LogP) is 4.10. The number of carbonyl (C=O) groups excluding carboxylic acids is 1. The van der Waals surface area contributed by atoms with E-state index in [9.17, 15) is 4.79 Å². The lowest BCUT2D eigenvalue weighted by Crippen LogP contribution is -2.33. The zero-order valence-corrected chi connectivity index (χ0v) is 13.8. The number of hydrogen-bond acceptors (Lipinski definition) is 2. The Hall–Kier alpha value is -1.09. The van der Waals surface area contributed by atoms with Crippen molar-refractivity contribution in [2.45, 2.75) is 47.5 Å². The van der Waals surface area contributed by atoms with Gasteiger partial charge in [-0.2, -0.15) is 0 Å². The van der Waals surface area contributed by atoms with E-state index in [1.54, 1.807) is 6.07 Å². The van der Waals surface area contributed by atoms with Crippen molar-refractivity contribution >= 4 is 17.5 Å². The van der Waals surface area contributed by atoms with Crippen molar-refractivity contribution in [3.05, 3.63) is 28.5 Å². The normalized spacial score (nSPS) is 13.1. The Labute approximate surface area is 127 Å². The smallest absolute Gasteiger partial charge is 0.251 e. The first-order chi connectivity index (χ1) is 9.24. The van der Waals surface area contributed by atoms with Crippen LogP contribution in [0.5, 0.6) is 0 Å². The number of nitrogens with zero attached hydrogens (tertiary/aromatic N) is 1. The van der Waals surface area contributed by atoms with Gasteiger partial charge in [0.25, 0.3) is 5.91 Å². The molecule has 0 saturated heterocycles. The molecule has 1 unspecified atom stereocenters. The number of aryl methyl sites for hydroxylation is 1. The van der Waals surface area contributed by atoms with Gasteiger partial charge >= 0.3 is 0 Å². The van der Waals surface area contributed by atoms with Gasteiger partial charge in [-0.25, -0.2) is 4.98 Å². The van der Waals surface area contributed by atoms with Crippen LogP contribution >= 0.6 is 11.6 Å². The lowest BCUT2D eigenvalue weighted by molar-refractivity contribution is 0.0937. The second-order valence-electron chi connectivity index (χ2n) is 6.40. The van der Waals surface area contributed by atoms with Gasteiger partial charge in [0.05, 0.1) is 0 Å². The number of aromatic nitrogens is 1. The highest BCUT2D eigenvalue weighted by molar-refractivity contribution is 6.29. The van der Waals surface area contributed by atoms with Gasteiger partial charge in [0.1, 0.15) is 5.15 Å². The number of carbonyl (C=O) groups is 1. The first-order valence-corrected chi connectivity index (χ1v) is 7.56. The highest BCUT2D eigenvalue weighted by atomic mass is 35.5. The summed E-state index contributed by atoms with van der Waals surface area (Å²) in [4.78, 5) is 16.4. The van der Waals surface area contributed by atoms with E-state index < -0.39 is 0 Å². The monoisotopic (exact) mass is 296 g/mol. The second kappa shape index (κ2) is 7.07. The van der Waals surface area contributed by atoms with Crippen LogP contribution in [-0.2, 0) is 6.42 Å². The summed E-state index contributed by atoms with van der Waals surface area (Å²) in [6.07, 6.45) is 1.81. The van der Waals surface area contributed by atoms with Crippen molar-refractivity contribution in [3.8, 4) is 0 Å². The molecular formula is C16H25ClN2O. The fourth-order valence-electron chi connectivity index (χ4n) is 1.72. The average molecular weight is 297 g/mol. The van der Waals surface area contributed by atoms with Crippen LogP contribution in [0.15, 0.2) is 12.1 Å². The molecule has 1 atom stereocenters. The Bertz CT molecular complexity index is 466. The molecule has 0 aliphatic heterocycles. The third kappa shape index (κ3) is 5.12. The van der Waals surface area contributed by atoms with Crippen LogP contribution in [0.3, 0.4) is 0 Å². The van der Waals surface area contributed by atoms with Crippen LogP contribution < -0.4 is 5.32 Å². The number of nitrogens with one attached hydrogen (secondary N) is 1. The number of hydrogen-bond donors (Lipinski definition) is 1. The first kappa shape index (κ1) is 17.0. The van der Waals surface area contributed by atoms with Gasteiger partial charge in [-0.1, -0.05) is 52.6 Å². The molecule has 1 amide bonds. The molecule has 3 nitrogen and oxygen atoms in total. The highest BCUT2D eigenvalue weighted by Gasteiger charge is 2.20. The molecule has 1 aromatic heterocycles. The zero-order chi connectivity index (χ0) is 15.3. The molecule has 0 radical (unpaired) electrons. The highest BCUT2D eigenvalue weighted by Crippen LogP contribution is 2.24. The fraction of sp³-hybridized carbons (Fsp3) is 0.625. The van der Waals surface area contributed by atoms with Gasteiger partial charge in [-0.05, 0) is 29.9 Å². The Balaban J connectivity index is 2.72. The fourth-order valence-corrected chi connectivity index (χ4v) is 1.95. The number of halogens is 1. The van der Waals surface area contributed by atoms with E-state index in [4.69, 9.17) is 11.6 Å². The molecule has 0 saturated carbocycles. The molecular weight excluding hydrogens is 272 g/mol. The van der Waals surface area contributed by atoms with E-state index in [-0.39, 0.29) is 11.3 Å². The third-order valence-corrected chi connectivity index (χ3v) is 3.86. The summed E-state index contributed by atoms with van der Waals surface area (Å²) in [6, 6.07) is 3.45. The van der Waals surface area contributed by atoms with Crippen molar-refractivity contribution in [2.24, 2.45) is 11.3 Å². The molecule has 1 N–H and O–H groups in total. The van der Waals surface area contributed by atoms with Gasteiger partial charge in [0, 0.05) is 17.8 Å². The van der Waals surface area contributed by atoms with E-state index in [0.29, 0.717) is 23.2 Å². The molecule has 0 aliphatic rings. The maximum absolute atomic E-state index is 12.2. The van der Waals surface area contributed by atoms with Crippen LogP contribution in [0, 0.1) is 11.3 Å². The molecule has 0 aliphatic carbocycles. The molecule has 1 rings (SSSR count). The van der Waals surface area contributed by atoms with E-state index in [1.807, 2.05) is 6.07 Å². The first-order valence-electron chi connectivity index (χ1n) is 7.18. The van der Waals surface area contributed by atoms with Crippen molar-refractivity contribution in [1.82, 2.24) is 10.3 Å². The Morgan fingerprint density at radius 3 is 2.60 bits per heavy atom. The molecule has 112 valence electrons. The average Bonchev–Trinajstić information content (AvgIpc) is 2.34. The van der Waals surface area contributed by atoms with E-state index >= 15 is 0 Å². The van der Waals surface area contributed by atoms with Crippen molar-refractivity contribution in [1.29, 1.82) is 0 Å². The van der Waals surface area contributed by atoms with Gasteiger partial charge in [-0.3, -0.25) is 4.79 Å². The summed E-state index contributed by atoms with van der Waals surface area (Å²) >= 11 is 5.97. The second-order valence-corrected chi connectivity index (χ2v) is 6.78. The third-order valence-electron chi connectivity index (χ3n) is 3.66. The minimum absolute atomic E-state index is 0.0808. The molecule has 0 aromatic carbocycles. The SMILES string of the molecule is CCCc1cc(C(=O)NCC(C)C(C)(C)C)cc(Cl)n1. The molecule has 0 spiro atoms. The largest absolute Gasteiger partial charge is 0.352 e. The summed E-state index contributed by atoms with van der Waals surface area (Å²) in [5.41, 5.74) is 1.64. The lowest BCUT2D eigenvalue weighted by atomic mass is 9.82. The topological polar surface area (TPSA) is 42.0 Å². The van der Waals surface area contributed by atoms with Gasteiger partial charge in [0.15, 0.2) is 0 Å². The molecule has 0 bridgehead atoms. The molecule has 1 aromatic rings. The number of pyridine rings is 1. The van der Waals surface area contributed by atoms with E-state index in [0.717, 1.165) is 18.5 Å². The summed E-state index contributed by atoms with van der Waals surface area (Å²) in [6.45, 7) is 11.4. The van der Waals surface area contributed by atoms with Gasteiger partial charge in [0.2, 0.25) is 0 Å². The van der Waals surface area contributed by atoms with Crippen LogP contribution in [0.25, 0.3) is 0 Å². The van der Waals surface area contributed by atoms with Crippen molar-refractivity contribution in [2.75, 3.05) is 6.54 Å². The van der Waals surface area contributed by atoms with E-state index in [2.05, 4.69) is 44.9 Å². The standard InChI is InChI=1S/C16H25ClN2O/c1-6-7-13-8-12(9-14(17)19-13)15(20)18-10-11(2)16(3,4)5/h8-9,11H,6-7,10H2,1-5H3,(H,18,20). The maximum Gasteiger partial charge on any atom is 0.251 e. The minimum atomic E-state index is -0.0808. The van der Waals surface area contributed by atoms with Crippen molar-refractivity contribution in [3.63, 3.8) is 0 Å². The summed E-state index contributed by atoms with van der Waals surface area (Å²) in [7, 11) is 0. The Morgan fingerprint density at radius 2 is 2.05 bits per heavy atom. The summed E-state index contributed by atoms with van der Waals surface area (Å²) < 4.78 is 0. The summed E-state index contributed by atoms with van der Waals surface area (Å²) in [5.74, 6) is 0.321. The van der Waals surface area contributed by atoms with Crippen molar-refractivity contribution < 1.29 is 4.79 Å². The summed E-state index contributed by atoms with van der Waals surface area (Å²) in [5, 5.41) is 3.36. The molecule has 20 heavy (non-hydrogen) atoms. The van der Waals surface area contributed by atoms with Crippen LogP contribution in [0.4, 0.5) is 0 Å². The number of amides is 1. The minimum Gasteiger partial charge on any atom is -0.352 e. The lowest BCUT2D eigenvalue weighted by Gasteiger charge is -2.27. The predicted molar refractivity (Wildman–Crippen MR) is 84.2 cm³/mol. The quantitative estimate of drug-likeness (QED) is 0.831. The van der Waals surface area contributed by atoms with Crippen LogP contribution in [0.1, 0.15) is 57.1 Å². The maximum atomic E-state index is 12.2. The molecule has 4 heteroatoms. The zero-order valence-electron chi connectivity index (χ0n) is 13.1. The Kier molecular flexibility index (Phi) is 6.00. The molecule has 1 heterocycles. The van der Waals surface area contributed by atoms with E-state index in [1.165, 1.54) is 0 Å². The number of rotatable bonds is 5. The van der Waals surface area contributed by atoms with Crippen LogP contribution in [-0.4, -0.2) is 17.4 Å². The molecule has 0 fully saturated rings.